The van der Waals surface area contributed by atoms with Crippen LogP contribution in [-0.2, 0) is 0 Å². The maximum absolute atomic E-state index is 2.72. The molecule has 4 saturated carbocycles. The number of hydrogen-bond donors (Lipinski definition) is 0. The van der Waals surface area contributed by atoms with Gasteiger partial charge < -0.3 is 0 Å². The van der Waals surface area contributed by atoms with Crippen LogP contribution in [0.2, 0.25) is 0 Å². The van der Waals surface area contributed by atoms with Gasteiger partial charge in [0.2, 0.25) is 0 Å². The van der Waals surface area contributed by atoms with Gasteiger partial charge in [-0.15, -0.1) is 0 Å². The molecule has 0 heterocycles. The van der Waals surface area contributed by atoms with Crippen LogP contribution in [0.4, 0.5) is 0 Å². The third-order valence-corrected chi connectivity index (χ3v) is 10.6. The fraction of sp³-hybridized carbons (Fsp3) is 1.00. The molecule has 8 unspecified atom stereocenters. The fourth-order valence-electron chi connectivity index (χ4n) is 9.42. The molecule has 34 heavy (non-hydrogen) atoms. The second kappa shape index (κ2) is 13.5. The summed E-state index contributed by atoms with van der Waals surface area (Å²) in [5.74, 6) is 9.94. The van der Waals surface area contributed by atoms with Gasteiger partial charge in [-0.05, 0) is 95.7 Å². The van der Waals surface area contributed by atoms with Crippen LogP contribution in [0.5, 0.6) is 0 Å². The summed E-state index contributed by atoms with van der Waals surface area (Å²) in [7, 11) is 0. The average molecular weight is 477 g/mol. The van der Waals surface area contributed by atoms with Crippen LogP contribution >= 0.6 is 0 Å². The van der Waals surface area contributed by atoms with Gasteiger partial charge in [0.05, 0.1) is 0 Å². The molecule has 0 bridgehead atoms. The van der Waals surface area contributed by atoms with Gasteiger partial charge in [0.15, 0.2) is 0 Å². The van der Waals surface area contributed by atoms with Crippen LogP contribution in [0.1, 0.15) is 148 Å². The minimum absolute atomic E-state index is 0.500. The molecule has 0 amide bonds. The Morgan fingerprint density at radius 3 is 0.971 bits per heavy atom. The predicted molar refractivity (Wildman–Crippen MR) is 156 cm³/mol. The van der Waals surface area contributed by atoms with Crippen molar-refractivity contribution >= 4 is 0 Å². The van der Waals surface area contributed by atoms with Crippen molar-refractivity contribution in [1.29, 1.82) is 0 Å². The molecule has 204 valence electrons. The van der Waals surface area contributed by atoms with E-state index in [-0.39, 0.29) is 0 Å². The molecule has 4 fully saturated rings. The zero-order chi connectivity index (χ0) is 26.4. The van der Waals surface area contributed by atoms with Gasteiger partial charge in [0.1, 0.15) is 0 Å². The van der Waals surface area contributed by atoms with Gasteiger partial charge >= 0.3 is 0 Å². The average Bonchev–Trinajstić information content (AvgIpc) is 3.23. The Balaban J connectivity index is 0.000000563. The van der Waals surface area contributed by atoms with E-state index in [1.807, 2.05) is 27.7 Å². The molecule has 0 aromatic rings. The van der Waals surface area contributed by atoms with Crippen molar-refractivity contribution in [2.75, 3.05) is 0 Å². The zero-order valence-electron chi connectivity index (χ0n) is 26.4. The summed E-state index contributed by atoms with van der Waals surface area (Å²) < 4.78 is 0. The quantitative estimate of drug-likeness (QED) is 0.371. The van der Waals surface area contributed by atoms with E-state index >= 15 is 0 Å². The first-order valence-electron chi connectivity index (χ1n) is 15.9. The Hall–Kier alpha value is 0. The lowest BCUT2D eigenvalue weighted by molar-refractivity contribution is -0.00508. The second-order valence-electron chi connectivity index (χ2n) is 14.5. The van der Waals surface area contributed by atoms with Crippen molar-refractivity contribution in [3.05, 3.63) is 0 Å². The lowest BCUT2D eigenvalue weighted by atomic mass is 9.56. The van der Waals surface area contributed by atoms with E-state index in [0.29, 0.717) is 10.8 Å². The Morgan fingerprint density at radius 1 is 0.412 bits per heavy atom. The van der Waals surface area contributed by atoms with Crippen molar-refractivity contribution in [1.82, 2.24) is 0 Å². The molecule has 0 aromatic carbocycles. The Morgan fingerprint density at radius 2 is 0.676 bits per heavy atom. The number of rotatable bonds is 2. The molecular weight excluding hydrogens is 408 g/mol. The summed E-state index contributed by atoms with van der Waals surface area (Å²) in [6.45, 7) is 32.5. The van der Waals surface area contributed by atoms with Crippen molar-refractivity contribution in [2.45, 2.75) is 148 Å². The molecule has 0 aromatic heterocycles. The Labute approximate surface area is 218 Å². The monoisotopic (exact) mass is 477 g/mol. The second-order valence-corrected chi connectivity index (χ2v) is 14.5. The third kappa shape index (κ3) is 7.06. The van der Waals surface area contributed by atoms with Crippen LogP contribution in [-0.4, -0.2) is 0 Å². The highest BCUT2D eigenvalue weighted by atomic mass is 14.6. The van der Waals surface area contributed by atoms with Crippen LogP contribution in [0.15, 0.2) is 0 Å². The zero-order valence-corrected chi connectivity index (χ0v) is 26.4. The lowest BCUT2D eigenvalue weighted by Gasteiger charge is -2.49. The summed E-state index contributed by atoms with van der Waals surface area (Å²) in [4.78, 5) is 0. The van der Waals surface area contributed by atoms with Crippen LogP contribution < -0.4 is 0 Å². The Kier molecular flexibility index (Phi) is 12.7. The third-order valence-electron chi connectivity index (χ3n) is 10.6. The van der Waals surface area contributed by atoms with Gasteiger partial charge in [0.25, 0.3) is 0 Å². The summed E-state index contributed by atoms with van der Waals surface area (Å²) in [6, 6.07) is 0. The van der Waals surface area contributed by atoms with Crippen LogP contribution in [0, 0.1) is 70.0 Å². The fourth-order valence-corrected chi connectivity index (χ4v) is 9.42. The van der Waals surface area contributed by atoms with E-state index < -0.39 is 0 Å². The molecule has 0 N–H and O–H groups in total. The van der Waals surface area contributed by atoms with Gasteiger partial charge in [-0.2, -0.15) is 0 Å². The molecule has 4 aliphatic carbocycles. The first-order chi connectivity index (χ1) is 15.9. The van der Waals surface area contributed by atoms with Crippen LogP contribution in [0.3, 0.4) is 0 Å². The first kappa shape index (κ1) is 32.0. The summed E-state index contributed by atoms with van der Waals surface area (Å²) in [5.41, 5.74) is 1.04. The number of fused-ring (bicyclic) bond motifs is 3. The lowest BCUT2D eigenvalue weighted by Crippen LogP contribution is -2.43. The van der Waals surface area contributed by atoms with Crippen molar-refractivity contribution in [3.63, 3.8) is 0 Å². The molecule has 4 rings (SSSR count). The minimum Gasteiger partial charge on any atom is -0.0683 e. The number of hydrogen-bond acceptors (Lipinski definition) is 0. The molecule has 4 aliphatic rings. The van der Waals surface area contributed by atoms with Gasteiger partial charge in [-0.3, -0.25) is 0 Å². The normalized spacial score (nSPS) is 41.5. The molecule has 0 nitrogen and oxygen atoms in total. The van der Waals surface area contributed by atoms with Crippen LogP contribution in [0.25, 0.3) is 0 Å². The van der Waals surface area contributed by atoms with E-state index in [1.165, 1.54) is 25.7 Å². The van der Waals surface area contributed by atoms with Gasteiger partial charge in [0, 0.05) is 0 Å². The van der Waals surface area contributed by atoms with Gasteiger partial charge in [-0.25, -0.2) is 0 Å². The van der Waals surface area contributed by atoms with E-state index in [2.05, 4.69) is 69.2 Å². The van der Waals surface area contributed by atoms with Crippen molar-refractivity contribution < 1.29 is 0 Å². The standard InChI is InChI=1S/C25H44.C5H12.2C2H6/c1-15-16(2)18(4)23(17(15)3)25(5,6)24-21-13-9-7-11-19(21)20-12-8-10-14-22(20)24;1-5(2,3)4;2*1-2/h15-24H,7-14H2,1-6H3;1-4H3;2*1-2H3. The molecule has 8 atom stereocenters. The van der Waals surface area contributed by atoms with E-state index in [1.54, 1.807) is 25.7 Å². The van der Waals surface area contributed by atoms with E-state index in [0.717, 1.165) is 59.2 Å². The van der Waals surface area contributed by atoms with Crippen molar-refractivity contribution in [2.24, 2.45) is 70.0 Å². The summed E-state index contributed by atoms with van der Waals surface area (Å²) >= 11 is 0. The summed E-state index contributed by atoms with van der Waals surface area (Å²) in [6.07, 6.45) is 12.4. The molecular formula is C34H68. The summed E-state index contributed by atoms with van der Waals surface area (Å²) in [5, 5.41) is 0. The minimum atomic E-state index is 0.500. The molecule has 0 aliphatic heterocycles. The SMILES string of the molecule is CC.CC.CC(C)(C)C.CC1C(C)C(C)C(C(C)(C)C2C3CCCCC3C3CCCCC32)C1C. The van der Waals surface area contributed by atoms with E-state index in [9.17, 15) is 0 Å². The Bertz CT molecular complexity index is 509. The topological polar surface area (TPSA) is 0 Å². The van der Waals surface area contributed by atoms with Crippen molar-refractivity contribution in [3.8, 4) is 0 Å². The molecule has 0 spiro atoms. The highest BCUT2D eigenvalue weighted by Gasteiger charge is 2.60. The first-order valence-corrected chi connectivity index (χ1v) is 15.9. The smallest absolute Gasteiger partial charge is 0.0287 e. The molecule has 0 saturated heterocycles. The molecule has 0 radical (unpaired) electrons. The highest BCUT2D eigenvalue weighted by molar-refractivity contribution is 5.08. The van der Waals surface area contributed by atoms with E-state index in [4.69, 9.17) is 0 Å². The highest BCUT2D eigenvalue weighted by Crippen LogP contribution is 2.66. The predicted octanol–water partition coefficient (Wildman–Crippen LogP) is 11.5. The maximum Gasteiger partial charge on any atom is -0.0287 e. The largest absolute Gasteiger partial charge is 0.0683 e. The molecule has 0 heteroatoms. The maximum atomic E-state index is 2.72. The van der Waals surface area contributed by atoms with Gasteiger partial charge in [-0.1, -0.05) is 123 Å².